The van der Waals surface area contributed by atoms with Crippen LogP contribution in [0.3, 0.4) is 0 Å². The van der Waals surface area contributed by atoms with Crippen molar-refractivity contribution >= 4 is 30.0 Å². The molecule has 0 bridgehead atoms. The summed E-state index contributed by atoms with van der Waals surface area (Å²) in [6.07, 6.45) is 3.53. The second-order valence-corrected chi connectivity index (χ2v) is 5.24. The van der Waals surface area contributed by atoms with Crippen LogP contribution in [-0.2, 0) is 9.53 Å². The molecule has 20 heavy (non-hydrogen) atoms. The summed E-state index contributed by atoms with van der Waals surface area (Å²) >= 11 is 5.91. The van der Waals surface area contributed by atoms with Crippen LogP contribution in [0.4, 0.5) is 0 Å². The summed E-state index contributed by atoms with van der Waals surface area (Å²) < 4.78 is 5.23. The highest BCUT2D eigenvalue weighted by Crippen LogP contribution is 2.27. The third-order valence-electron chi connectivity index (χ3n) is 3.45. The Kier molecular flexibility index (Phi) is 7.35. The van der Waals surface area contributed by atoms with Crippen molar-refractivity contribution < 1.29 is 9.53 Å². The van der Waals surface area contributed by atoms with Crippen LogP contribution >= 0.6 is 24.0 Å². The second kappa shape index (κ2) is 8.50. The van der Waals surface area contributed by atoms with E-state index in [0.717, 1.165) is 31.5 Å². The van der Waals surface area contributed by atoms with Crippen molar-refractivity contribution in [3.05, 3.63) is 34.9 Å². The molecule has 0 N–H and O–H groups in total. The summed E-state index contributed by atoms with van der Waals surface area (Å²) in [5, 5.41) is 0.685. The molecular formula is C15H21Cl2NO2. The molecule has 1 aliphatic heterocycles. The van der Waals surface area contributed by atoms with Gasteiger partial charge in [-0.2, -0.15) is 0 Å². The van der Waals surface area contributed by atoms with Crippen LogP contribution in [0.2, 0.25) is 5.02 Å². The quantitative estimate of drug-likeness (QED) is 0.790. The van der Waals surface area contributed by atoms with Crippen LogP contribution in [0.5, 0.6) is 0 Å². The highest BCUT2D eigenvalue weighted by molar-refractivity contribution is 6.30. The third-order valence-corrected chi connectivity index (χ3v) is 3.70. The molecule has 1 unspecified atom stereocenters. The van der Waals surface area contributed by atoms with Gasteiger partial charge in [-0.15, -0.1) is 12.4 Å². The Morgan fingerprint density at radius 1 is 1.25 bits per heavy atom. The Bertz CT molecular complexity index is 416. The smallest absolute Gasteiger partial charge is 0.327 e. The van der Waals surface area contributed by atoms with E-state index in [9.17, 15) is 4.79 Å². The Morgan fingerprint density at radius 3 is 2.40 bits per heavy atom. The number of benzene rings is 1. The maximum Gasteiger partial charge on any atom is 0.327 e. The fourth-order valence-corrected chi connectivity index (χ4v) is 2.66. The van der Waals surface area contributed by atoms with Gasteiger partial charge in [0.2, 0.25) is 0 Å². The maximum atomic E-state index is 12.2. The highest BCUT2D eigenvalue weighted by Gasteiger charge is 2.29. The van der Waals surface area contributed by atoms with E-state index in [1.807, 2.05) is 31.2 Å². The number of halogens is 2. The van der Waals surface area contributed by atoms with Gasteiger partial charge >= 0.3 is 5.97 Å². The van der Waals surface area contributed by atoms with Gasteiger partial charge in [-0.25, -0.2) is 4.79 Å². The van der Waals surface area contributed by atoms with Crippen LogP contribution in [-0.4, -0.2) is 30.6 Å². The molecule has 112 valence electrons. The third kappa shape index (κ3) is 4.37. The van der Waals surface area contributed by atoms with E-state index in [4.69, 9.17) is 16.3 Å². The zero-order chi connectivity index (χ0) is 13.7. The van der Waals surface area contributed by atoms with Crippen LogP contribution in [0.1, 0.15) is 37.8 Å². The van der Waals surface area contributed by atoms with Crippen molar-refractivity contribution in [2.24, 2.45) is 0 Å². The Hall–Kier alpha value is -0.770. The summed E-state index contributed by atoms with van der Waals surface area (Å²) in [6, 6.07) is 7.19. The van der Waals surface area contributed by atoms with Crippen LogP contribution in [0.15, 0.2) is 24.3 Å². The number of piperidine rings is 1. The zero-order valence-electron chi connectivity index (χ0n) is 11.7. The Balaban J connectivity index is 0.00000200. The standard InChI is InChI=1S/C15H20ClNO2.ClH/c1-2-19-15(18)14(17-10-4-3-5-11-17)12-6-8-13(16)9-7-12;/h6-9,14H,2-5,10-11H2,1H3;1H. The van der Waals surface area contributed by atoms with Gasteiger partial charge in [0.15, 0.2) is 0 Å². The van der Waals surface area contributed by atoms with Gasteiger partial charge in [0.1, 0.15) is 6.04 Å². The van der Waals surface area contributed by atoms with E-state index in [1.165, 1.54) is 6.42 Å². The van der Waals surface area contributed by atoms with E-state index in [0.29, 0.717) is 11.6 Å². The van der Waals surface area contributed by atoms with Gasteiger partial charge in [0.25, 0.3) is 0 Å². The monoisotopic (exact) mass is 317 g/mol. The molecule has 1 aromatic rings. The molecule has 1 heterocycles. The molecule has 0 spiro atoms. The first-order valence-electron chi connectivity index (χ1n) is 6.88. The SMILES string of the molecule is CCOC(=O)C(c1ccc(Cl)cc1)N1CCCCC1.Cl. The van der Waals surface area contributed by atoms with Crippen molar-refractivity contribution in [1.82, 2.24) is 4.90 Å². The zero-order valence-corrected chi connectivity index (χ0v) is 13.3. The van der Waals surface area contributed by atoms with Gasteiger partial charge < -0.3 is 4.74 Å². The fourth-order valence-electron chi connectivity index (χ4n) is 2.54. The average Bonchev–Trinajstić information content (AvgIpc) is 2.43. The number of carbonyl (C=O) groups excluding carboxylic acids is 1. The summed E-state index contributed by atoms with van der Waals surface area (Å²) in [4.78, 5) is 14.4. The largest absolute Gasteiger partial charge is 0.465 e. The summed E-state index contributed by atoms with van der Waals surface area (Å²) in [5.41, 5.74) is 0.963. The van der Waals surface area contributed by atoms with Crippen molar-refractivity contribution in [3.8, 4) is 0 Å². The lowest BCUT2D eigenvalue weighted by atomic mass is 10.0. The van der Waals surface area contributed by atoms with Gasteiger partial charge in [0.05, 0.1) is 6.61 Å². The van der Waals surface area contributed by atoms with Crippen LogP contribution < -0.4 is 0 Å². The van der Waals surface area contributed by atoms with Crippen molar-refractivity contribution in [2.75, 3.05) is 19.7 Å². The first kappa shape index (κ1) is 17.3. The molecule has 1 aliphatic rings. The number of likely N-dealkylation sites (tertiary alicyclic amines) is 1. The molecule has 1 saturated heterocycles. The van der Waals surface area contributed by atoms with Crippen molar-refractivity contribution in [1.29, 1.82) is 0 Å². The Labute approximate surface area is 131 Å². The van der Waals surface area contributed by atoms with E-state index in [2.05, 4.69) is 4.90 Å². The topological polar surface area (TPSA) is 29.5 Å². The number of rotatable bonds is 4. The minimum Gasteiger partial charge on any atom is -0.465 e. The summed E-state index contributed by atoms with van der Waals surface area (Å²) in [6.45, 7) is 4.15. The predicted molar refractivity (Wildman–Crippen MR) is 83.5 cm³/mol. The maximum absolute atomic E-state index is 12.2. The molecule has 0 saturated carbocycles. The number of nitrogens with zero attached hydrogens (tertiary/aromatic N) is 1. The molecule has 0 radical (unpaired) electrons. The minimum absolute atomic E-state index is 0. The van der Waals surface area contributed by atoms with Gasteiger partial charge in [-0.05, 0) is 50.6 Å². The predicted octanol–water partition coefficient (Wildman–Crippen LogP) is 3.85. The molecular weight excluding hydrogens is 297 g/mol. The van der Waals surface area contributed by atoms with Gasteiger partial charge in [-0.1, -0.05) is 30.2 Å². The summed E-state index contributed by atoms with van der Waals surface area (Å²) in [7, 11) is 0. The highest BCUT2D eigenvalue weighted by atomic mass is 35.5. The van der Waals surface area contributed by atoms with E-state index >= 15 is 0 Å². The number of esters is 1. The van der Waals surface area contributed by atoms with Crippen molar-refractivity contribution in [2.45, 2.75) is 32.2 Å². The first-order valence-corrected chi connectivity index (χ1v) is 7.26. The lowest BCUT2D eigenvalue weighted by Gasteiger charge is -2.33. The number of ether oxygens (including phenoxy) is 1. The molecule has 1 atom stereocenters. The van der Waals surface area contributed by atoms with E-state index in [1.54, 1.807) is 0 Å². The van der Waals surface area contributed by atoms with Crippen LogP contribution in [0.25, 0.3) is 0 Å². The molecule has 2 rings (SSSR count). The molecule has 0 amide bonds. The normalized spacial score (nSPS) is 17.1. The number of hydrogen-bond donors (Lipinski definition) is 0. The molecule has 1 aromatic carbocycles. The average molecular weight is 318 g/mol. The molecule has 1 fully saturated rings. The van der Waals surface area contributed by atoms with Crippen molar-refractivity contribution in [3.63, 3.8) is 0 Å². The fraction of sp³-hybridized carbons (Fsp3) is 0.533. The number of carbonyl (C=O) groups is 1. The second-order valence-electron chi connectivity index (χ2n) is 4.80. The summed E-state index contributed by atoms with van der Waals surface area (Å²) in [5.74, 6) is -0.160. The molecule has 3 nitrogen and oxygen atoms in total. The lowest BCUT2D eigenvalue weighted by Crippen LogP contribution is -2.38. The molecule has 0 aliphatic carbocycles. The first-order chi connectivity index (χ1) is 9.22. The Morgan fingerprint density at radius 2 is 1.85 bits per heavy atom. The lowest BCUT2D eigenvalue weighted by molar-refractivity contribution is -0.150. The molecule has 5 heteroatoms. The van der Waals surface area contributed by atoms with E-state index < -0.39 is 0 Å². The van der Waals surface area contributed by atoms with Crippen LogP contribution in [0, 0.1) is 0 Å². The number of hydrogen-bond acceptors (Lipinski definition) is 3. The van der Waals surface area contributed by atoms with E-state index in [-0.39, 0.29) is 24.4 Å². The molecule has 0 aromatic heterocycles. The minimum atomic E-state index is -0.294. The van der Waals surface area contributed by atoms with Gasteiger partial charge in [0, 0.05) is 5.02 Å². The van der Waals surface area contributed by atoms with Gasteiger partial charge in [-0.3, -0.25) is 4.90 Å².